The molecule has 0 spiro atoms. The van der Waals surface area contributed by atoms with Crippen molar-refractivity contribution in [3.63, 3.8) is 0 Å². The molecule has 0 radical (unpaired) electrons. The van der Waals surface area contributed by atoms with Crippen LogP contribution in [0.3, 0.4) is 0 Å². The lowest BCUT2D eigenvalue weighted by molar-refractivity contribution is -0.141. The van der Waals surface area contributed by atoms with Crippen LogP contribution in [0.1, 0.15) is 25.1 Å². The number of nitrogens with zero attached hydrogens (tertiary/aromatic N) is 1. The van der Waals surface area contributed by atoms with Crippen LogP contribution in [0.5, 0.6) is 0 Å². The Bertz CT molecular complexity index is 382. The Morgan fingerprint density at radius 3 is 2.20 bits per heavy atom. The smallest absolute Gasteiger partial charge is 0.251 e. The average Bonchev–Trinajstić information content (AvgIpc) is 2.17. The van der Waals surface area contributed by atoms with Gasteiger partial charge in [-0.25, -0.2) is 0 Å². The van der Waals surface area contributed by atoms with E-state index in [0.29, 0.717) is 5.56 Å². The average molecular weight is 213 g/mol. The van der Waals surface area contributed by atoms with Gasteiger partial charge < -0.3 is 0 Å². The molecular formula is C11H10F3N. The van der Waals surface area contributed by atoms with Gasteiger partial charge in [-0.1, -0.05) is 12.0 Å². The Kier molecular flexibility index (Phi) is 2.76. The Labute approximate surface area is 86.3 Å². The van der Waals surface area contributed by atoms with Crippen molar-refractivity contribution >= 4 is 0 Å². The van der Waals surface area contributed by atoms with E-state index in [1.54, 1.807) is 13.8 Å². The first-order valence-electron chi connectivity index (χ1n) is 4.29. The molecule has 0 saturated carbocycles. The van der Waals surface area contributed by atoms with Gasteiger partial charge in [0, 0.05) is 6.20 Å². The summed E-state index contributed by atoms with van der Waals surface area (Å²) in [7, 11) is 0. The van der Waals surface area contributed by atoms with Crippen molar-refractivity contribution in [1.82, 2.24) is 4.98 Å². The maximum Gasteiger partial charge on any atom is 0.433 e. The number of halogens is 3. The van der Waals surface area contributed by atoms with Crippen molar-refractivity contribution < 1.29 is 13.2 Å². The summed E-state index contributed by atoms with van der Waals surface area (Å²) in [6.07, 6.45) is 2.03. The molecule has 0 aliphatic rings. The van der Waals surface area contributed by atoms with Gasteiger partial charge in [-0.3, -0.25) is 4.98 Å². The lowest BCUT2D eigenvalue weighted by atomic mass is 9.87. The topological polar surface area (TPSA) is 12.9 Å². The molecule has 0 unspecified atom stereocenters. The molecule has 1 rings (SSSR count). The highest BCUT2D eigenvalue weighted by molar-refractivity contribution is 5.30. The van der Waals surface area contributed by atoms with E-state index in [1.165, 1.54) is 12.3 Å². The molecule has 0 atom stereocenters. The molecule has 4 heteroatoms. The maximum absolute atomic E-state index is 12.2. The van der Waals surface area contributed by atoms with Crippen molar-refractivity contribution in [2.45, 2.75) is 25.4 Å². The van der Waals surface area contributed by atoms with E-state index >= 15 is 0 Å². The number of rotatable bonds is 1. The summed E-state index contributed by atoms with van der Waals surface area (Å²) in [5.41, 5.74) is -0.908. The van der Waals surface area contributed by atoms with Gasteiger partial charge >= 0.3 is 6.18 Å². The second kappa shape index (κ2) is 3.58. The standard InChI is InChI=1S/C11H10F3N/c1-4-10(2,3)8-5-6-9(15-7-8)11(12,13)14/h1,5-7H,2-3H3. The van der Waals surface area contributed by atoms with Crippen LogP contribution >= 0.6 is 0 Å². The van der Waals surface area contributed by atoms with Crippen LogP contribution in [0, 0.1) is 12.3 Å². The highest BCUT2D eigenvalue weighted by Crippen LogP contribution is 2.29. The van der Waals surface area contributed by atoms with Crippen LogP contribution in [-0.4, -0.2) is 4.98 Å². The maximum atomic E-state index is 12.2. The molecule has 0 saturated heterocycles. The number of hydrogen-bond donors (Lipinski definition) is 0. The molecule has 0 amide bonds. The third kappa shape index (κ3) is 2.50. The first-order chi connectivity index (χ1) is 6.77. The molecule has 80 valence electrons. The fourth-order valence-corrected chi connectivity index (χ4v) is 1.01. The third-order valence-electron chi connectivity index (χ3n) is 2.14. The van der Waals surface area contributed by atoms with Gasteiger partial charge in [0.15, 0.2) is 0 Å². The molecular weight excluding hydrogens is 203 g/mol. The van der Waals surface area contributed by atoms with Crippen LogP contribution < -0.4 is 0 Å². The van der Waals surface area contributed by atoms with Crippen molar-refractivity contribution in [2.75, 3.05) is 0 Å². The molecule has 0 bridgehead atoms. The van der Waals surface area contributed by atoms with Crippen LogP contribution in [0.25, 0.3) is 0 Å². The number of pyridine rings is 1. The molecule has 0 aliphatic carbocycles. The van der Waals surface area contributed by atoms with Crippen molar-refractivity contribution in [3.8, 4) is 12.3 Å². The first kappa shape index (κ1) is 11.6. The van der Waals surface area contributed by atoms with Crippen LogP contribution in [0.15, 0.2) is 18.3 Å². The van der Waals surface area contributed by atoms with Crippen molar-refractivity contribution in [2.24, 2.45) is 0 Å². The van der Waals surface area contributed by atoms with Gasteiger partial charge in [0.25, 0.3) is 0 Å². The molecule has 0 fully saturated rings. The van der Waals surface area contributed by atoms with Crippen LogP contribution in [0.4, 0.5) is 13.2 Å². The summed E-state index contributed by atoms with van der Waals surface area (Å²) in [5.74, 6) is 2.49. The summed E-state index contributed by atoms with van der Waals surface area (Å²) < 4.78 is 36.6. The summed E-state index contributed by atoms with van der Waals surface area (Å²) in [6, 6.07) is 2.30. The number of alkyl halides is 3. The van der Waals surface area contributed by atoms with Crippen molar-refractivity contribution in [3.05, 3.63) is 29.6 Å². The quantitative estimate of drug-likeness (QED) is 0.653. The minimum atomic E-state index is -4.40. The van der Waals surface area contributed by atoms with E-state index in [9.17, 15) is 13.2 Å². The third-order valence-corrected chi connectivity index (χ3v) is 2.14. The van der Waals surface area contributed by atoms with Gasteiger partial charge in [-0.05, 0) is 25.5 Å². The number of terminal acetylenes is 1. The molecule has 0 N–H and O–H groups in total. The Morgan fingerprint density at radius 2 is 1.87 bits per heavy atom. The second-order valence-electron chi connectivity index (χ2n) is 3.70. The minimum Gasteiger partial charge on any atom is -0.251 e. The Morgan fingerprint density at radius 1 is 1.27 bits per heavy atom. The van der Waals surface area contributed by atoms with Gasteiger partial charge in [0.1, 0.15) is 5.69 Å². The fraction of sp³-hybridized carbons (Fsp3) is 0.364. The lowest BCUT2D eigenvalue weighted by Gasteiger charge is -2.17. The Balaban J connectivity index is 3.08. The zero-order chi connectivity index (χ0) is 11.7. The molecule has 0 aromatic carbocycles. The molecule has 15 heavy (non-hydrogen) atoms. The predicted octanol–water partition coefficient (Wildman–Crippen LogP) is 3.01. The molecule has 0 aliphatic heterocycles. The lowest BCUT2D eigenvalue weighted by Crippen LogP contribution is -2.15. The van der Waals surface area contributed by atoms with E-state index in [1.807, 2.05) is 0 Å². The molecule has 1 aromatic rings. The van der Waals surface area contributed by atoms with E-state index in [2.05, 4.69) is 10.9 Å². The molecule has 1 aromatic heterocycles. The predicted molar refractivity (Wildman–Crippen MR) is 51.1 cm³/mol. The SMILES string of the molecule is C#CC(C)(C)c1ccc(C(F)(F)F)nc1. The van der Waals surface area contributed by atoms with Gasteiger partial charge in [-0.15, -0.1) is 6.42 Å². The number of hydrogen-bond acceptors (Lipinski definition) is 1. The van der Waals surface area contributed by atoms with Gasteiger partial charge in [0.05, 0.1) is 5.41 Å². The van der Waals surface area contributed by atoms with E-state index in [-0.39, 0.29) is 0 Å². The Hall–Kier alpha value is -1.50. The van der Waals surface area contributed by atoms with Crippen LogP contribution in [0.2, 0.25) is 0 Å². The summed E-state index contributed by atoms with van der Waals surface area (Å²) in [4.78, 5) is 3.34. The van der Waals surface area contributed by atoms with Crippen LogP contribution in [-0.2, 0) is 11.6 Å². The molecule has 1 heterocycles. The second-order valence-corrected chi connectivity index (χ2v) is 3.70. The minimum absolute atomic E-state index is 0.595. The van der Waals surface area contributed by atoms with Gasteiger partial charge in [-0.2, -0.15) is 13.2 Å². The summed E-state index contributed by atoms with van der Waals surface area (Å²) in [5, 5.41) is 0. The summed E-state index contributed by atoms with van der Waals surface area (Å²) in [6.45, 7) is 3.49. The largest absolute Gasteiger partial charge is 0.433 e. The fourth-order valence-electron chi connectivity index (χ4n) is 1.01. The normalized spacial score (nSPS) is 12.3. The highest BCUT2D eigenvalue weighted by atomic mass is 19.4. The summed E-state index contributed by atoms with van der Waals surface area (Å²) >= 11 is 0. The van der Waals surface area contributed by atoms with E-state index in [0.717, 1.165) is 6.07 Å². The van der Waals surface area contributed by atoms with E-state index < -0.39 is 17.3 Å². The highest BCUT2D eigenvalue weighted by Gasteiger charge is 2.32. The van der Waals surface area contributed by atoms with Crippen molar-refractivity contribution in [1.29, 1.82) is 0 Å². The van der Waals surface area contributed by atoms with Gasteiger partial charge in [0.2, 0.25) is 0 Å². The number of aromatic nitrogens is 1. The zero-order valence-corrected chi connectivity index (χ0v) is 8.39. The van der Waals surface area contributed by atoms with E-state index in [4.69, 9.17) is 6.42 Å². The first-order valence-corrected chi connectivity index (χ1v) is 4.29. The monoisotopic (exact) mass is 213 g/mol. The zero-order valence-electron chi connectivity index (χ0n) is 8.39. The molecule has 1 nitrogen and oxygen atoms in total.